The van der Waals surface area contributed by atoms with Gasteiger partial charge in [0.25, 0.3) is 0 Å². The van der Waals surface area contributed by atoms with Gasteiger partial charge in [0.15, 0.2) is 5.96 Å². The summed E-state index contributed by atoms with van der Waals surface area (Å²) in [6.07, 6.45) is 7.69. The van der Waals surface area contributed by atoms with Crippen LogP contribution in [0.15, 0.2) is 29.3 Å². The fraction of sp³-hybridized carbons (Fsp3) is 0.652. The predicted molar refractivity (Wildman–Crippen MR) is 117 cm³/mol. The third kappa shape index (κ3) is 6.38. The van der Waals surface area contributed by atoms with Crippen molar-refractivity contribution in [3.63, 3.8) is 0 Å². The van der Waals surface area contributed by atoms with Crippen LogP contribution < -0.4 is 15.4 Å². The minimum atomic E-state index is 0.257. The number of guanidine groups is 1. The zero-order valence-electron chi connectivity index (χ0n) is 18.0. The molecule has 1 amide bonds. The van der Waals surface area contributed by atoms with Gasteiger partial charge in [0.2, 0.25) is 5.91 Å². The minimum Gasteiger partial charge on any atom is -0.497 e. The number of carbonyl (C=O) groups excluding carboxylic acids is 1. The van der Waals surface area contributed by atoms with E-state index in [1.54, 1.807) is 7.11 Å². The van der Waals surface area contributed by atoms with Crippen molar-refractivity contribution in [2.45, 2.75) is 57.9 Å². The zero-order valence-corrected chi connectivity index (χ0v) is 18.0. The molecule has 1 aromatic rings. The molecule has 0 bridgehead atoms. The number of hydrogen-bond acceptors (Lipinski definition) is 3. The number of likely N-dealkylation sites (tertiary alicyclic amines) is 1. The van der Waals surface area contributed by atoms with Crippen LogP contribution in [0.4, 0.5) is 0 Å². The normalized spacial score (nSPS) is 20.6. The van der Waals surface area contributed by atoms with Gasteiger partial charge in [0.1, 0.15) is 5.75 Å². The number of ether oxygens (including phenoxy) is 1. The SMILES string of the molecule is CCNC(=NCCc1cccc(OC)c1)NC1CCN(C(=O)C2CCCCC2)C1. The predicted octanol–water partition coefficient (Wildman–Crippen LogP) is 2.97. The van der Waals surface area contributed by atoms with E-state index in [1.807, 2.05) is 12.1 Å². The molecule has 6 nitrogen and oxygen atoms in total. The van der Waals surface area contributed by atoms with E-state index < -0.39 is 0 Å². The maximum absolute atomic E-state index is 12.8. The highest BCUT2D eigenvalue weighted by Gasteiger charge is 2.31. The largest absolute Gasteiger partial charge is 0.497 e. The summed E-state index contributed by atoms with van der Waals surface area (Å²) in [4.78, 5) is 19.6. The van der Waals surface area contributed by atoms with Crippen LogP contribution in [0.5, 0.6) is 5.75 Å². The first kappa shape index (κ1) is 21.5. The number of nitrogens with zero attached hydrogens (tertiary/aromatic N) is 2. The highest BCUT2D eigenvalue weighted by Crippen LogP contribution is 2.26. The molecule has 1 saturated carbocycles. The summed E-state index contributed by atoms with van der Waals surface area (Å²) in [5.41, 5.74) is 1.22. The Kier molecular flexibility index (Phi) is 8.20. The number of methoxy groups -OCH3 is 1. The van der Waals surface area contributed by atoms with Crippen molar-refractivity contribution in [2.24, 2.45) is 10.9 Å². The fourth-order valence-corrected chi connectivity index (χ4v) is 4.32. The summed E-state index contributed by atoms with van der Waals surface area (Å²) in [5, 5.41) is 6.87. The van der Waals surface area contributed by atoms with E-state index in [1.165, 1.54) is 24.8 Å². The number of nitrogens with one attached hydrogen (secondary N) is 2. The lowest BCUT2D eigenvalue weighted by Gasteiger charge is -2.26. The third-order valence-corrected chi connectivity index (χ3v) is 5.94. The molecule has 0 radical (unpaired) electrons. The summed E-state index contributed by atoms with van der Waals surface area (Å²) < 4.78 is 5.29. The topological polar surface area (TPSA) is 66.0 Å². The quantitative estimate of drug-likeness (QED) is 0.546. The van der Waals surface area contributed by atoms with E-state index in [-0.39, 0.29) is 12.0 Å². The number of amides is 1. The lowest BCUT2D eigenvalue weighted by atomic mass is 9.88. The molecule has 1 unspecified atom stereocenters. The fourth-order valence-electron chi connectivity index (χ4n) is 4.32. The molecule has 29 heavy (non-hydrogen) atoms. The molecule has 1 aromatic carbocycles. The van der Waals surface area contributed by atoms with Crippen molar-refractivity contribution in [1.29, 1.82) is 0 Å². The second-order valence-corrected chi connectivity index (χ2v) is 8.11. The van der Waals surface area contributed by atoms with Crippen LogP contribution >= 0.6 is 0 Å². The smallest absolute Gasteiger partial charge is 0.225 e. The molecule has 1 aliphatic heterocycles. The van der Waals surface area contributed by atoms with Crippen molar-refractivity contribution in [2.75, 3.05) is 33.3 Å². The Morgan fingerprint density at radius 1 is 1.24 bits per heavy atom. The van der Waals surface area contributed by atoms with E-state index in [9.17, 15) is 4.79 Å². The first-order valence-corrected chi connectivity index (χ1v) is 11.2. The summed E-state index contributed by atoms with van der Waals surface area (Å²) in [6.45, 7) is 5.25. The van der Waals surface area contributed by atoms with Crippen molar-refractivity contribution < 1.29 is 9.53 Å². The second kappa shape index (κ2) is 11.1. The highest BCUT2D eigenvalue weighted by atomic mass is 16.5. The van der Waals surface area contributed by atoms with Crippen LogP contribution in [0.2, 0.25) is 0 Å². The molecule has 0 spiro atoms. The van der Waals surface area contributed by atoms with Gasteiger partial charge in [-0.1, -0.05) is 31.4 Å². The van der Waals surface area contributed by atoms with E-state index in [0.717, 1.165) is 57.0 Å². The first-order chi connectivity index (χ1) is 14.2. The molecule has 2 aliphatic rings. The third-order valence-electron chi connectivity index (χ3n) is 5.94. The van der Waals surface area contributed by atoms with Crippen molar-refractivity contribution >= 4 is 11.9 Å². The number of carbonyl (C=O) groups is 1. The second-order valence-electron chi connectivity index (χ2n) is 8.11. The first-order valence-electron chi connectivity index (χ1n) is 11.2. The lowest BCUT2D eigenvalue weighted by Crippen LogP contribution is -2.45. The van der Waals surface area contributed by atoms with Gasteiger partial charge in [-0.05, 0) is 50.3 Å². The van der Waals surface area contributed by atoms with Crippen LogP contribution in [-0.4, -0.2) is 56.1 Å². The van der Waals surface area contributed by atoms with Gasteiger partial charge in [0.05, 0.1) is 7.11 Å². The molecule has 1 atom stereocenters. The van der Waals surface area contributed by atoms with E-state index in [0.29, 0.717) is 12.5 Å². The van der Waals surface area contributed by atoms with Gasteiger partial charge < -0.3 is 20.3 Å². The van der Waals surface area contributed by atoms with E-state index in [4.69, 9.17) is 9.73 Å². The molecular weight excluding hydrogens is 364 g/mol. The summed E-state index contributed by atoms with van der Waals surface area (Å²) in [6, 6.07) is 8.40. The Morgan fingerprint density at radius 3 is 2.83 bits per heavy atom. The Bertz CT molecular complexity index is 685. The van der Waals surface area contributed by atoms with Gasteiger partial charge >= 0.3 is 0 Å². The van der Waals surface area contributed by atoms with Crippen molar-refractivity contribution in [3.8, 4) is 5.75 Å². The van der Waals surface area contributed by atoms with Gasteiger partial charge in [-0.3, -0.25) is 9.79 Å². The van der Waals surface area contributed by atoms with E-state index >= 15 is 0 Å². The Hall–Kier alpha value is -2.24. The minimum absolute atomic E-state index is 0.257. The van der Waals surface area contributed by atoms with Gasteiger partial charge in [-0.25, -0.2) is 0 Å². The average Bonchev–Trinajstić information content (AvgIpc) is 3.22. The van der Waals surface area contributed by atoms with Gasteiger partial charge in [-0.2, -0.15) is 0 Å². The highest BCUT2D eigenvalue weighted by molar-refractivity contribution is 5.81. The molecule has 1 saturated heterocycles. The Balaban J connectivity index is 1.49. The molecule has 2 N–H and O–H groups in total. The Labute approximate surface area is 175 Å². The van der Waals surface area contributed by atoms with Crippen LogP contribution in [-0.2, 0) is 11.2 Å². The van der Waals surface area contributed by atoms with Gasteiger partial charge in [0, 0.05) is 38.1 Å². The molecular formula is C23H36N4O2. The number of hydrogen-bond donors (Lipinski definition) is 2. The maximum Gasteiger partial charge on any atom is 0.225 e. The summed E-state index contributed by atoms with van der Waals surface area (Å²) in [7, 11) is 1.69. The monoisotopic (exact) mass is 400 g/mol. The number of rotatable bonds is 7. The molecule has 6 heteroatoms. The average molecular weight is 401 g/mol. The molecule has 1 aliphatic carbocycles. The molecule has 160 valence electrons. The standard InChI is InChI=1S/C23H36N4O2/c1-3-24-23(25-14-12-18-8-7-11-21(16-18)29-2)26-20-13-15-27(17-20)22(28)19-9-5-4-6-10-19/h7-8,11,16,19-20H,3-6,9-10,12-15,17H2,1-2H3,(H2,24,25,26). The summed E-state index contributed by atoms with van der Waals surface area (Å²) >= 11 is 0. The number of benzene rings is 1. The molecule has 3 rings (SSSR count). The molecule has 1 heterocycles. The molecule has 2 fully saturated rings. The van der Waals surface area contributed by atoms with Gasteiger partial charge in [-0.15, -0.1) is 0 Å². The zero-order chi connectivity index (χ0) is 20.5. The van der Waals surface area contributed by atoms with Crippen LogP contribution in [0.25, 0.3) is 0 Å². The Morgan fingerprint density at radius 2 is 2.07 bits per heavy atom. The van der Waals surface area contributed by atoms with Crippen LogP contribution in [0, 0.1) is 5.92 Å². The van der Waals surface area contributed by atoms with Crippen molar-refractivity contribution in [3.05, 3.63) is 29.8 Å². The van der Waals surface area contributed by atoms with Crippen LogP contribution in [0.1, 0.15) is 51.0 Å². The van der Waals surface area contributed by atoms with E-state index in [2.05, 4.69) is 34.6 Å². The maximum atomic E-state index is 12.8. The number of aliphatic imine (C=N–C) groups is 1. The van der Waals surface area contributed by atoms with Crippen molar-refractivity contribution in [1.82, 2.24) is 15.5 Å². The lowest BCUT2D eigenvalue weighted by molar-refractivity contribution is -0.135. The summed E-state index contributed by atoms with van der Waals surface area (Å²) in [5.74, 6) is 2.35. The molecule has 0 aromatic heterocycles. The van der Waals surface area contributed by atoms with Crippen LogP contribution in [0.3, 0.4) is 0 Å².